The van der Waals surface area contributed by atoms with Crippen LogP contribution in [0.15, 0.2) is 0 Å². The smallest absolute Gasteiger partial charge is 0.407 e. The van der Waals surface area contributed by atoms with E-state index < -0.39 is 0 Å². The van der Waals surface area contributed by atoms with Crippen molar-refractivity contribution in [3.05, 3.63) is 0 Å². The van der Waals surface area contributed by atoms with E-state index in [4.69, 9.17) is 4.74 Å². The predicted octanol–water partition coefficient (Wildman–Crippen LogP) is -0.658. The molecule has 80 valence electrons. The highest BCUT2D eigenvalue weighted by atomic mass is 16.6. The highest BCUT2D eigenvalue weighted by Crippen LogP contribution is 2.05. The van der Waals surface area contributed by atoms with Gasteiger partial charge in [0.05, 0.1) is 6.54 Å². The van der Waals surface area contributed by atoms with Crippen molar-refractivity contribution >= 4 is 6.09 Å². The van der Waals surface area contributed by atoms with Gasteiger partial charge in [0, 0.05) is 32.7 Å². The topological polar surface area (TPSA) is 44.8 Å². The zero-order valence-corrected chi connectivity index (χ0v) is 8.53. The van der Waals surface area contributed by atoms with Gasteiger partial charge in [-0.05, 0) is 7.05 Å². The maximum Gasteiger partial charge on any atom is 0.407 e. The first-order chi connectivity index (χ1) is 6.74. The van der Waals surface area contributed by atoms with Crippen molar-refractivity contribution in [1.29, 1.82) is 0 Å². The van der Waals surface area contributed by atoms with E-state index in [1.54, 1.807) is 0 Å². The third kappa shape index (κ3) is 2.36. The van der Waals surface area contributed by atoms with E-state index in [9.17, 15) is 4.79 Å². The Labute approximate surface area is 84.0 Å². The molecule has 0 radical (unpaired) electrons. The molecular formula is C9H17N3O2. The van der Waals surface area contributed by atoms with Crippen LogP contribution in [-0.4, -0.2) is 68.3 Å². The lowest BCUT2D eigenvalue weighted by atomic mass is 10.3. The van der Waals surface area contributed by atoms with Crippen LogP contribution < -0.4 is 5.32 Å². The van der Waals surface area contributed by atoms with Crippen molar-refractivity contribution < 1.29 is 9.53 Å². The van der Waals surface area contributed by atoms with Gasteiger partial charge in [-0.3, -0.25) is 4.90 Å². The van der Waals surface area contributed by atoms with Gasteiger partial charge in [0.2, 0.25) is 0 Å². The quantitative estimate of drug-likeness (QED) is 0.641. The summed E-state index contributed by atoms with van der Waals surface area (Å²) in [4.78, 5) is 15.5. The molecule has 0 saturated carbocycles. The molecule has 2 aliphatic heterocycles. The number of nitrogens with one attached hydrogen (secondary N) is 1. The number of piperazine rings is 1. The highest BCUT2D eigenvalue weighted by Gasteiger charge is 2.25. The van der Waals surface area contributed by atoms with Crippen LogP contribution in [-0.2, 0) is 4.74 Å². The molecular weight excluding hydrogens is 182 g/mol. The lowest BCUT2D eigenvalue weighted by Crippen LogP contribution is -2.47. The summed E-state index contributed by atoms with van der Waals surface area (Å²) in [7, 11) is 2.13. The average Bonchev–Trinajstić information content (AvgIpc) is 2.56. The Morgan fingerprint density at radius 3 is 2.71 bits per heavy atom. The number of carbonyl (C=O) groups is 1. The second kappa shape index (κ2) is 4.14. The molecule has 5 heteroatoms. The van der Waals surface area contributed by atoms with Gasteiger partial charge in [0.15, 0.2) is 0 Å². The molecule has 2 heterocycles. The van der Waals surface area contributed by atoms with Crippen LogP contribution in [0.5, 0.6) is 0 Å². The summed E-state index contributed by atoms with van der Waals surface area (Å²) in [6, 6.07) is 0. The van der Waals surface area contributed by atoms with Crippen molar-refractivity contribution in [2.45, 2.75) is 6.10 Å². The Balaban J connectivity index is 1.72. The Morgan fingerprint density at radius 2 is 2.14 bits per heavy atom. The first-order valence-corrected chi connectivity index (χ1v) is 5.09. The van der Waals surface area contributed by atoms with Crippen molar-refractivity contribution in [2.24, 2.45) is 0 Å². The third-order valence-electron chi connectivity index (χ3n) is 2.81. The first-order valence-electron chi connectivity index (χ1n) is 5.09. The number of nitrogens with zero attached hydrogens (tertiary/aromatic N) is 2. The molecule has 0 spiro atoms. The molecule has 1 N–H and O–H groups in total. The molecule has 2 saturated heterocycles. The first kappa shape index (κ1) is 9.73. The Kier molecular flexibility index (Phi) is 2.88. The van der Waals surface area contributed by atoms with Crippen LogP contribution in [0.25, 0.3) is 0 Å². The maximum absolute atomic E-state index is 10.8. The second-order valence-corrected chi connectivity index (χ2v) is 4.01. The number of alkyl carbamates (subject to hydrolysis) is 1. The van der Waals surface area contributed by atoms with E-state index >= 15 is 0 Å². The lowest BCUT2D eigenvalue weighted by Gasteiger charge is -2.33. The van der Waals surface area contributed by atoms with Crippen LogP contribution in [0.4, 0.5) is 4.79 Å². The molecule has 0 aromatic rings. The van der Waals surface area contributed by atoms with Crippen molar-refractivity contribution in [2.75, 3.05) is 46.3 Å². The Hall–Kier alpha value is -0.810. The van der Waals surface area contributed by atoms with Gasteiger partial charge in [-0.2, -0.15) is 0 Å². The van der Waals surface area contributed by atoms with E-state index in [1.165, 1.54) is 0 Å². The monoisotopic (exact) mass is 199 g/mol. The molecule has 2 aliphatic rings. The van der Waals surface area contributed by atoms with E-state index in [2.05, 4.69) is 22.2 Å². The summed E-state index contributed by atoms with van der Waals surface area (Å²) in [6.45, 7) is 5.88. The molecule has 2 rings (SSSR count). The van der Waals surface area contributed by atoms with Gasteiger partial charge in [-0.15, -0.1) is 0 Å². The zero-order chi connectivity index (χ0) is 9.97. The summed E-state index contributed by atoms with van der Waals surface area (Å²) in [6.07, 6.45) is -0.227. The van der Waals surface area contributed by atoms with Crippen molar-refractivity contribution in [1.82, 2.24) is 15.1 Å². The van der Waals surface area contributed by atoms with E-state index in [0.29, 0.717) is 6.54 Å². The van der Waals surface area contributed by atoms with Crippen molar-refractivity contribution in [3.63, 3.8) is 0 Å². The minimum absolute atomic E-state index is 0.0471. The van der Waals surface area contributed by atoms with E-state index in [0.717, 1.165) is 32.7 Å². The summed E-state index contributed by atoms with van der Waals surface area (Å²) >= 11 is 0. The number of likely N-dealkylation sites (N-methyl/N-ethyl adjacent to an activating group) is 1. The number of amides is 1. The van der Waals surface area contributed by atoms with Gasteiger partial charge >= 0.3 is 6.09 Å². The minimum Gasteiger partial charge on any atom is -0.443 e. The molecule has 2 fully saturated rings. The highest BCUT2D eigenvalue weighted by molar-refractivity contribution is 5.69. The molecule has 14 heavy (non-hydrogen) atoms. The fourth-order valence-corrected chi connectivity index (χ4v) is 1.85. The van der Waals surface area contributed by atoms with Crippen LogP contribution >= 0.6 is 0 Å². The van der Waals surface area contributed by atoms with Crippen LogP contribution in [0.2, 0.25) is 0 Å². The van der Waals surface area contributed by atoms with E-state index in [1.807, 2.05) is 0 Å². The number of ether oxygens (including phenoxy) is 1. The lowest BCUT2D eigenvalue weighted by molar-refractivity contribution is 0.0840. The van der Waals surface area contributed by atoms with Gasteiger partial charge in [0.25, 0.3) is 0 Å². The van der Waals surface area contributed by atoms with Crippen LogP contribution in [0, 0.1) is 0 Å². The molecule has 1 atom stereocenters. The fraction of sp³-hybridized carbons (Fsp3) is 0.889. The van der Waals surface area contributed by atoms with Gasteiger partial charge in [-0.25, -0.2) is 4.79 Å². The van der Waals surface area contributed by atoms with Crippen molar-refractivity contribution in [3.8, 4) is 0 Å². The number of rotatable bonds is 2. The average molecular weight is 199 g/mol. The Bertz CT molecular complexity index is 214. The van der Waals surface area contributed by atoms with E-state index in [-0.39, 0.29) is 12.2 Å². The molecule has 0 aromatic heterocycles. The molecule has 5 nitrogen and oxygen atoms in total. The molecule has 0 aliphatic carbocycles. The normalized spacial score (nSPS) is 30.1. The Morgan fingerprint density at radius 1 is 1.43 bits per heavy atom. The zero-order valence-electron chi connectivity index (χ0n) is 8.53. The maximum atomic E-state index is 10.8. The molecule has 1 unspecified atom stereocenters. The second-order valence-electron chi connectivity index (χ2n) is 4.01. The summed E-state index contributed by atoms with van der Waals surface area (Å²) in [5, 5.41) is 2.67. The number of hydrogen-bond acceptors (Lipinski definition) is 4. The summed E-state index contributed by atoms with van der Waals surface area (Å²) in [5.74, 6) is 0. The molecule has 0 aromatic carbocycles. The minimum atomic E-state index is -0.274. The predicted molar refractivity (Wildman–Crippen MR) is 52.2 cm³/mol. The fourth-order valence-electron chi connectivity index (χ4n) is 1.85. The molecule has 0 bridgehead atoms. The molecule has 1 amide bonds. The van der Waals surface area contributed by atoms with Crippen LogP contribution in [0.1, 0.15) is 0 Å². The van der Waals surface area contributed by atoms with Crippen LogP contribution in [0.3, 0.4) is 0 Å². The van der Waals surface area contributed by atoms with Gasteiger partial charge < -0.3 is 15.0 Å². The van der Waals surface area contributed by atoms with Gasteiger partial charge in [0.1, 0.15) is 6.10 Å². The standard InChI is InChI=1S/C9H17N3O2/c1-11-2-4-12(5-3-11)7-8-6-10-9(13)14-8/h8H,2-7H2,1H3,(H,10,13). The van der Waals surface area contributed by atoms with Gasteiger partial charge in [-0.1, -0.05) is 0 Å². The number of hydrogen-bond donors (Lipinski definition) is 1. The SMILES string of the molecule is CN1CCN(CC2CNC(=O)O2)CC1. The number of cyclic esters (lactones) is 1. The summed E-state index contributed by atoms with van der Waals surface area (Å²) < 4.78 is 5.09. The third-order valence-corrected chi connectivity index (χ3v) is 2.81. The summed E-state index contributed by atoms with van der Waals surface area (Å²) in [5.41, 5.74) is 0. The largest absolute Gasteiger partial charge is 0.443 e. The number of carbonyl (C=O) groups excluding carboxylic acids is 1.